The largest absolute Gasteiger partial charge is 0.459 e. The maximum absolute atomic E-state index is 12.4. The van der Waals surface area contributed by atoms with Crippen LogP contribution in [0.5, 0.6) is 0 Å². The Balaban J connectivity index is 0.000000177. The van der Waals surface area contributed by atoms with Crippen LogP contribution in [0, 0.1) is 73.4 Å². The molecule has 8 aliphatic carbocycles. The molecule has 1 heterocycles. The van der Waals surface area contributed by atoms with Gasteiger partial charge in [0.15, 0.2) is 5.41 Å². The maximum Gasteiger partial charge on any atom is 0.327 e. The second-order valence-electron chi connectivity index (χ2n) is 27.3. The fraction of sp³-hybridized carbons (Fsp3) is 0.900. The van der Waals surface area contributed by atoms with Gasteiger partial charge in [-0.3, -0.25) is 24.0 Å². The summed E-state index contributed by atoms with van der Waals surface area (Å²) in [5.74, 6) is 1.31. The molecule has 1 N–H and O–H groups in total. The SMILES string of the molecule is CCC(C)(C)C(=O)OC(C)(C)C1CCCCC1.CCC(C)(C)C(=O)OC12CC3CC(CC(O)(C3)C1)C2.CCC(C)(C)C(=O)OC1C2CC3C1OC(=O)C3(C#N)C2.CCC1(CC(=O)C(C)(C)CC)CCCC1. The number of fused-ring (bicyclic) bond motifs is 1. The maximum atomic E-state index is 12.4. The normalized spacial score (nSPS) is 32.5. The summed E-state index contributed by atoms with van der Waals surface area (Å²) >= 11 is 0. The van der Waals surface area contributed by atoms with Crippen LogP contribution in [0.4, 0.5) is 0 Å². The van der Waals surface area contributed by atoms with E-state index in [9.17, 15) is 34.3 Å². The molecular weight excluding hydrogens is 895 g/mol. The summed E-state index contributed by atoms with van der Waals surface area (Å²) in [5.41, 5.74) is -3.23. The summed E-state index contributed by atoms with van der Waals surface area (Å²) in [6.45, 7) is 30.2. The van der Waals surface area contributed by atoms with Crippen LogP contribution in [-0.2, 0) is 42.9 Å². The molecule has 7 unspecified atom stereocenters. The van der Waals surface area contributed by atoms with Crippen LogP contribution in [0.15, 0.2) is 0 Å². The molecule has 9 fully saturated rings. The average molecular weight is 994 g/mol. The van der Waals surface area contributed by atoms with E-state index in [1.165, 1.54) is 70.6 Å². The number of ether oxygens (including phenoxy) is 4. The van der Waals surface area contributed by atoms with Crippen molar-refractivity contribution >= 4 is 29.7 Å². The van der Waals surface area contributed by atoms with Gasteiger partial charge >= 0.3 is 23.9 Å². The van der Waals surface area contributed by atoms with Crippen molar-refractivity contribution in [2.75, 3.05) is 0 Å². The Morgan fingerprint density at radius 1 is 0.690 bits per heavy atom. The highest BCUT2D eigenvalue weighted by molar-refractivity contribution is 5.85. The first-order chi connectivity index (χ1) is 32.9. The minimum Gasteiger partial charge on any atom is -0.459 e. The van der Waals surface area contributed by atoms with E-state index in [2.05, 4.69) is 47.6 Å². The first-order valence-corrected chi connectivity index (χ1v) is 28.4. The highest BCUT2D eigenvalue weighted by atomic mass is 16.6. The number of nitriles is 1. The predicted octanol–water partition coefficient (Wildman–Crippen LogP) is 13.5. The van der Waals surface area contributed by atoms with E-state index in [4.69, 9.17) is 18.9 Å². The van der Waals surface area contributed by atoms with E-state index >= 15 is 0 Å². The summed E-state index contributed by atoms with van der Waals surface area (Å²) in [4.78, 5) is 60.9. The molecule has 8 saturated carbocycles. The lowest BCUT2D eigenvalue weighted by molar-refractivity contribution is -0.225. The number of aliphatic hydroxyl groups is 1. The second-order valence-corrected chi connectivity index (χ2v) is 27.3. The van der Waals surface area contributed by atoms with Crippen molar-refractivity contribution in [3.63, 3.8) is 0 Å². The van der Waals surface area contributed by atoms with Gasteiger partial charge in [0.25, 0.3) is 0 Å². The Labute approximate surface area is 430 Å². The molecule has 0 radical (unpaired) electrons. The number of hydrogen-bond donors (Lipinski definition) is 1. The third-order valence-electron chi connectivity index (χ3n) is 20.1. The Bertz CT molecular complexity index is 1930. The van der Waals surface area contributed by atoms with Gasteiger partial charge in [0.05, 0.1) is 27.9 Å². The lowest BCUT2D eigenvalue weighted by Gasteiger charge is -2.59. The van der Waals surface area contributed by atoms with Crippen LogP contribution in [0.25, 0.3) is 0 Å². The predicted molar refractivity (Wildman–Crippen MR) is 276 cm³/mol. The monoisotopic (exact) mass is 994 g/mol. The molecule has 1 aliphatic heterocycles. The van der Waals surface area contributed by atoms with Crippen molar-refractivity contribution in [1.29, 1.82) is 5.26 Å². The number of carbonyl (C=O) groups excluding carboxylic acids is 5. The van der Waals surface area contributed by atoms with Crippen molar-refractivity contribution in [2.45, 2.75) is 281 Å². The van der Waals surface area contributed by atoms with E-state index in [-0.39, 0.29) is 57.9 Å². The van der Waals surface area contributed by atoms with Crippen molar-refractivity contribution in [1.82, 2.24) is 0 Å². The summed E-state index contributed by atoms with van der Waals surface area (Å²) in [6.07, 6.45) is 22.9. The van der Waals surface area contributed by atoms with Gasteiger partial charge in [-0.1, -0.05) is 87.0 Å². The van der Waals surface area contributed by atoms with Crippen LogP contribution < -0.4 is 0 Å². The molecule has 0 aromatic carbocycles. The quantitative estimate of drug-likeness (QED) is 0.123. The number of carbonyl (C=O) groups is 5. The smallest absolute Gasteiger partial charge is 0.327 e. The Morgan fingerprint density at radius 2 is 1.21 bits per heavy atom. The first kappa shape index (κ1) is 58.9. The van der Waals surface area contributed by atoms with Gasteiger partial charge in [0, 0.05) is 30.1 Å². The Morgan fingerprint density at radius 3 is 1.70 bits per heavy atom. The Hall–Kier alpha value is -3.00. The number of esters is 4. The van der Waals surface area contributed by atoms with Gasteiger partial charge < -0.3 is 24.1 Å². The second kappa shape index (κ2) is 22.1. The van der Waals surface area contributed by atoms with Gasteiger partial charge in [-0.25, -0.2) is 0 Å². The summed E-state index contributed by atoms with van der Waals surface area (Å²) in [6, 6.07) is 2.15. The van der Waals surface area contributed by atoms with E-state index in [0.717, 1.165) is 57.8 Å². The molecule has 404 valence electrons. The third-order valence-corrected chi connectivity index (χ3v) is 20.1. The zero-order valence-electron chi connectivity index (χ0n) is 47.4. The molecule has 7 atom stereocenters. The van der Waals surface area contributed by atoms with Crippen LogP contribution in [0.2, 0.25) is 0 Å². The highest BCUT2D eigenvalue weighted by Crippen LogP contribution is 2.63. The summed E-state index contributed by atoms with van der Waals surface area (Å²) in [7, 11) is 0. The average Bonchev–Trinajstić information content (AvgIpc) is 4.07. The van der Waals surface area contributed by atoms with Crippen LogP contribution in [-0.4, -0.2) is 63.8 Å². The highest BCUT2D eigenvalue weighted by Gasteiger charge is 2.72. The fourth-order valence-electron chi connectivity index (χ4n) is 13.4. The fourth-order valence-corrected chi connectivity index (χ4v) is 13.4. The van der Waals surface area contributed by atoms with Crippen molar-refractivity contribution in [3.05, 3.63) is 0 Å². The molecule has 11 heteroatoms. The first-order valence-electron chi connectivity index (χ1n) is 28.4. The minimum absolute atomic E-state index is 0.0458. The Kier molecular flexibility index (Phi) is 18.3. The molecule has 1 saturated heterocycles. The molecule has 0 aromatic heterocycles. The molecule has 11 nitrogen and oxygen atoms in total. The van der Waals surface area contributed by atoms with E-state index in [0.29, 0.717) is 48.2 Å². The third kappa shape index (κ3) is 12.9. The van der Waals surface area contributed by atoms with Crippen molar-refractivity contribution in [3.8, 4) is 6.07 Å². The summed E-state index contributed by atoms with van der Waals surface area (Å²) < 4.78 is 22.8. The molecular formula is C60H99NO10. The molecule has 6 bridgehead atoms. The number of nitrogens with zero attached hydrogens (tertiary/aromatic N) is 1. The zero-order chi connectivity index (χ0) is 53.2. The van der Waals surface area contributed by atoms with Gasteiger partial charge in [-0.15, -0.1) is 0 Å². The number of hydrogen-bond acceptors (Lipinski definition) is 11. The zero-order valence-corrected chi connectivity index (χ0v) is 47.4. The molecule has 71 heavy (non-hydrogen) atoms. The van der Waals surface area contributed by atoms with Gasteiger partial charge in [0.2, 0.25) is 0 Å². The van der Waals surface area contributed by atoms with Gasteiger partial charge in [-0.2, -0.15) is 5.26 Å². The van der Waals surface area contributed by atoms with Gasteiger partial charge in [-0.05, 0) is 175 Å². The lowest BCUT2D eigenvalue weighted by Crippen LogP contribution is -2.61. The van der Waals surface area contributed by atoms with Crippen LogP contribution in [0.1, 0.15) is 252 Å². The molecule has 0 aromatic rings. The van der Waals surface area contributed by atoms with Crippen molar-refractivity contribution in [2.24, 2.45) is 62.1 Å². The van der Waals surface area contributed by atoms with E-state index in [1.54, 1.807) is 0 Å². The standard InChI is InChI=1S/C16H26O3.C15H19NO4.C15H28O2.C14H26O/c1-4-14(2,3)13(17)19-16-8-11-5-12(9-16)7-15(18,6-11)10-16;1-4-14(2,3)12(17)19-10-8-5-9-11(10)20-13(18)15(9,6-8)7-16;1-6-14(2,3)13(16)17-15(4,5)12-10-8-7-9-11-12;1-5-13(3,4)12(15)11-14(6-2)9-7-8-10-14/h11-12,18H,4-10H2,1-3H3;8-11H,4-6H2,1-3H3;12H,6-11H2,1-5H3;5-11H2,1-4H3. The number of rotatable bonds is 15. The summed E-state index contributed by atoms with van der Waals surface area (Å²) in [5, 5.41) is 20.0. The van der Waals surface area contributed by atoms with E-state index < -0.39 is 33.9 Å². The van der Waals surface area contributed by atoms with Crippen LogP contribution >= 0.6 is 0 Å². The van der Waals surface area contributed by atoms with Crippen molar-refractivity contribution < 1.29 is 48.0 Å². The minimum atomic E-state index is -0.974. The molecule has 0 amide bonds. The molecule has 9 aliphatic rings. The van der Waals surface area contributed by atoms with E-state index in [1.807, 2.05) is 62.3 Å². The number of ketones is 1. The number of Topliss-reactive ketones (excluding diaryl/α,β-unsaturated/α-hetero) is 1. The molecule has 0 spiro atoms. The topological polar surface area (TPSA) is 166 Å². The van der Waals surface area contributed by atoms with Crippen LogP contribution in [0.3, 0.4) is 0 Å². The lowest BCUT2D eigenvalue weighted by atomic mass is 9.52. The van der Waals surface area contributed by atoms with Gasteiger partial charge in [0.1, 0.15) is 29.2 Å². The molecule has 9 rings (SSSR count).